The van der Waals surface area contributed by atoms with Gasteiger partial charge in [0.05, 0.1) is 17.2 Å². The maximum absolute atomic E-state index is 12.4. The highest BCUT2D eigenvalue weighted by Crippen LogP contribution is 2.21. The van der Waals surface area contributed by atoms with E-state index in [2.05, 4.69) is 11.6 Å². The van der Waals surface area contributed by atoms with Crippen molar-refractivity contribution in [2.75, 3.05) is 11.3 Å². The maximum atomic E-state index is 12.4. The van der Waals surface area contributed by atoms with Crippen LogP contribution in [0, 0.1) is 6.92 Å². The van der Waals surface area contributed by atoms with Gasteiger partial charge >= 0.3 is 0 Å². The molecule has 0 aliphatic carbocycles. The highest BCUT2D eigenvalue weighted by molar-refractivity contribution is 7.92. The van der Waals surface area contributed by atoms with Crippen LogP contribution in [0.15, 0.2) is 53.4 Å². The topological polar surface area (TPSA) is 55.4 Å². The van der Waals surface area contributed by atoms with Crippen LogP contribution >= 0.6 is 0 Å². The summed E-state index contributed by atoms with van der Waals surface area (Å²) in [4.78, 5) is 0.249. The molecule has 0 saturated heterocycles. The van der Waals surface area contributed by atoms with E-state index >= 15 is 0 Å². The van der Waals surface area contributed by atoms with Crippen molar-refractivity contribution < 1.29 is 13.2 Å². The lowest BCUT2D eigenvalue weighted by molar-refractivity contribution is 0.305. The third kappa shape index (κ3) is 5.57. The molecule has 0 aliphatic heterocycles. The Labute approximate surface area is 144 Å². The van der Waals surface area contributed by atoms with Gasteiger partial charge < -0.3 is 4.74 Å². The predicted molar refractivity (Wildman–Crippen MR) is 98.1 cm³/mol. The largest absolute Gasteiger partial charge is 0.494 e. The van der Waals surface area contributed by atoms with Crippen LogP contribution < -0.4 is 9.46 Å². The van der Waals surface area contributed by atoms with Gasteiger partial charge in [0.1, 0.15) is 5.75 Å². The number of anilines is 1. The Morgan fingerprint density at radius 3 is 2.46 bits per heavy atom. The zero-order valence-electron chi connectivity index (χ0n) is 14.3. The van der Waals surface area contributed by atoms with E-state index < -0.39 is 10.0 Å². The summed E-state index contributed by atoms with van der Waals surface area (Å²) in [5.41, 5.74) is 1.52. The first-order valence-electron chi connectivity index (χ1n) is 8.33. The number of aryl methyl sites for hydroxylation is 1. The van der Waals surface area contributed by atoms with Gasteiger partial charge in [0.25, 0.3) is 10.0 Å². The highest BCUT2D eigenvalue weighted by atomic mass is 32.2. The van der Waals surface area contributed by atoms with Crippen molar-refractivity contribution >= 4 is 15.7 Å². The fourth-order valence-electron chi connectivity index (χ4n) is 2.30. The van der Waals surface area contributed by atoms with Crippen molar-refractivity contribution in [3.05, 3.63) is 54.1 Å². The second kappa shape index (κ2) is 8.73. The number of ether oxygens (including phenoxy) is 1. The quantitative estimate of drug-likeness (QED) is 0.666. The lowest BCUT2D eigenvalue weighted by Crippen LogP contribution is -2.13. The molecule has 4 nitrogen and oxygen atoms in total. The Balaban J connectivity index is 1.99. The van der Waals surface area contributed by atoms with Crippen LogP contribution in [-0.2, 0) is 10.0 Å². The molecule has 0 amide bonds. The van der Waals surface area contributed by atoms with Crippen LogP contribution in [-0.4, -0.2) is 15.0 Å². The van der Waals surface area contributed by atoms with Crippen molar-refractivity contribution in [2.24, 2.45) is 0 Å². The van der Waals surface area contributed by atoms with Crippen molar-refractivity contribution in [2.45, 2.75) is 44.4 Å². The summed E-state index contributed by atoms with van der Waals surface area (Å²) in [7, 11) is -3.58. The fourth-order valence-corrected chi connectivity index (χ4v) is 3.35. The van der Waals surface area contributed by atoms with Gasteiger partial charge in [0, 0.05) is 6.07 Å². The van der Waals surface area contributed by atoms with E-state index in [1.54, 1.807) is 42.5 Å². The molecule has 130 valence electrons. The van der Waals surface area contributed by atoms with E-state index in [-0.39, 0.29) is 4.90 Å². The zero-order chi connectivity index (χ0) is 17.4. The third-order valence-electron chi connectivity index (χ3n) is 3.68. The second-order valence-electron chi connectivity index (χ2n) is 5.86. The summed E-state index contributed by atoms with van der Waals surface area (Å²) in [5, 5.41) is 0. The van der Waals surface area contributed by atoms with Crippen molar-refractivity contribution in [3.63, 3.8) is 0 Å². The molecule has 0 aliphatic rings. The second-order valence-corrected chi connectivity index (χ2v) is 7.54. The molecule has 0 atom stereocenters. The Bertz CT molecular complexity index is 739. The molecule has 0 heterocycles. The molecule has 0 spiro atoms. The molecule has 0 saturated carbocycles. The van der Waals surface area contributed by atoms with Gasteiger partial charge in [0.15, 0.2) is 0 Å². The normalized spacial score (nSPS) is 11.2. The van der Waals surface area contributed by atoms with E-state index in [0.29, 0.717) is 18.0 Å². The number of nitrogens with one attached hydrogen (secondary N) is 1. The first-order chi connectivity index (χ1) is 11.5. The molecule has 5 heteroatoms. The summed E-state index contributed by atoms with van der Waals surface area (Å²) in [5.74, 6) is 0.676. The van der Waals surface area contributed by atoms with Gasteiger partial charge in [-0.1, -0.05) is 49.9 Å². The van der Waals surface area contributed by atoms with Gasteiger partial charge in [-0.05, 0) is 37.6 Å². The van der Waals surface area contributed by atoms with Crippen molar-refractivity contribution in [3.8, 4) is 5.75 Å². The van der Waals surface area contributed by atoms with E-state index in [1.165, 1.54) is 12.8 Å². The van der Waals surface area contributed by atoms with Crippen LogP contribution in [0.1, 0.15) is 38.2 Å². The zero-order valence-corrected chi connectivity index (χ0v) is 15.1. The van der Waals surface area contributed by atoms with Crippen molar-refractivity contribution in [1.82, 2.24) is 0 Å². The highest BCUT2D eigenvalue weighted by Gasteiger charge is 2.14. The minimum atomic E-state index is -3.58. The lowest BCUT2D eigenvalue weighted by Gasteiger charge is -2.11. The number of sulfonamides is 1. The van der Waals surface area contributed by atoms with Gasteiger partial charge in [-0.2, -0.15) is 0 Å². The SMILES string of the molecule is CCCCCCOc1cccc(NS(=O)(=O)c2ccc(C)cc2)c1. The Hall–Kier alpha value is -2.01. The van der Waals surface area contributed by atoms with E-state index in [0.717, 1.165) is 18.4 Å². The average molecular weight is 347 g/mol. The molecule has 0 unspecified atom stereocenters. The minimum Gasteiger partial charge on any atom is -0.494 e. The van der Waals surface area contributed by atoms with Crippen LogP contribution in [0.4, 0.5) is 5.69 Å². The summed E-state index contributed by atoms with van der Waals surface area (Å²) in [6, 6.07) is 13.8. The summed E-state index contributed by atoms with van der Waals surface area (Å²) < 4.78 is 33.1. The first kappa shape index (κ1) is 18.3. The van der Waals surface area contributed by atoms with Crippen LogP contribution in [0.2, 0.25) is 0 Å². The van der Waals surface area contributed by atoms with E-state index in [9.17, 15) is 8.42 Å². The maximum Gasteiger partial charge on any atom is 0.261 e. The number of hydrogen-bond donors (Lipinski definition) is 1. The monoisotopic (exact) mass is 347 g/mol. The average Bonchev–Trinajstić information content (AvgIpc) is 2.55. The third-order valence-corrected chi connectivity index (χ3v) is 5.08. The number of unbranched alkanes of at least 4 members (excludes halogenated alkanes) is 3. The minimum absolute atomic E-state index is 0.249. The molecule has 2 aromatic rings. The summed E-state index contributed by atoms with van der Waals surface area (Å²) in [6.45, 7) is 4.74. The van der Waals surface area contributed by atoms with E-state index in [1.807, 2.05) is 13.0 Å². The smallest absolute Gasteiger partial charge is 0.261 e. The number of rotatable bonds is 9. The molecule has 2 aromatic carbocycles. The number of hydrogen-bond acceptors (Lipinski definition) is 3. The molecule has 0 fully saturated rings. The molecular weight excluding hydrogens is 322 g/mol. The van der Waals surface area contributed by atoms with Crippen LogP contribution in [0.25, 0.3) is 0 Å². The number of benzene rings is 2. The van der Waals surface area contributed by atoms with Crippen LogP contribution in [0.5, 0.6) is 5.75 Å². The predicted octanol–water partition coefficient (Wildman–Crippen LogP) is 4.75. The van der Waals surface area contributed by atoms with Gasteiger partial charge in [-0.25, -0.2) is 8.42 Å². The molecule has 2 rings (SSSR count). The van der Waals surface area contributed by atoms with E-state index in [4.69, 9.17) is 4.74 Å². The first-order valence-corrected chi connectivity index (χ1v) is 9.82. The van der Waals surface area contributed by atoms with Gasteiger partial charge in [0.2, 0.25) is 0 Å². The standard InChI is InChI=1S/C19H25NO3S/c1-3-4-5-6-14-23-18-9-7-8-17(15-18)20-24(21,22)19-12-10-16(2)11-13-19/h7-13,15,20H,3-6,14H2,1-2H3. The Morgan fingerprint density at radius 2 is 1.75 bits per heavy atom. The fraction of sp³-hybridized carbons (Fsp3) is 0.368. The Kier molecular flexibility index (Phi) is 6.67. The van der Waals surface area contributed by atoms with Crippen molar-refractivity contribution in [1.29, 1.82) is 0 Å². The van der Waals surface area contributed by atoms with Gasteiger partial charge in [-0.3, -0.25) is 4.72 Å². The molecule has 0 radical (unpaired) electrons. The lowest BCUT2D eigenvalue weighted by atomic mass is 10.2. The molecule has 1 N–H and O–H groups in total. The summed E-state index contributed by atoms with van der Waals surface area (Å²) >= 11 is 0. The van der Waals surface area contributed by atoms with Crippen LogP contribution in [0.3, 0.4) is 0 Å². The molecule has 0 aromatic heterocycles. The summed E-state index contributed by atoms with van der Waals surface area (Å²) in [6.07, 6.45) is 4.55. The molecular formula is C19H25NO3S. The molecule has 0 bridgehead atoms. The van der Waals surface area contributed by atoms with Gasteiger partial charge in [-0.15, -0.1) is 0 Å². The Morgan fingerprint density at radius 1 is 1.00 bits per heavy atom. The molecule has 24 heavy (non-hydrogen) atoms.